The number of halogens is 1. The van der Waals surface area contributed by atoms with Crippen molar-refractivity contribution < 1.29 is 9.53 Å². The van der Waals surface area contributed by atoms with Crippen molar-refractivity contribution in [1.29, 1.82) is 0 Å². The quantitative estimate of drug-likeness (QED) is 0.629. The molecule has 0 unspecified atom stereocenters. The van der Waals surface area contributed by atoms with Crippen LogP contribution in [-0.4, -0.2) is 19.1 Å². The zero-order chi connectivity index (χ0) is 13.7. The van der Waals surface area contributed by atoms with E-state index in [0.29, 0.717) is 13.2 Å². The zero-order valence-electron chi connectivity index (χ0n) is 10.6. The molecular formula is C15H16INO2. The van der Waals surface area contributed by atoms with E-state index in [2.05, 4.69) is 52.9 Å². The Kier molecular flexibility index (Phi) is 5.15. The van der Waals surface area contributed by atoms with Crippen LogP contribution in [0.15, 0.2) is 36.4 Å². The second kappa shape index (κ2) is 6.86. The summed E-state index contributed by atoms with van der Waals surface area (Å²) in [5.41, 5.74) is 6.37. The van der Waals surface area contributed by atoms with Gasteiger partial charge in [0, 0.05) is 9.99 Å². The average Bonchev–Trinajstić information content (AvgIpc) is 2.40. The highest BCUT2D eigenvalue weighted by atomic mass is 127. The molecule has 0 saturated carbocycles. The van der Waals surface area contributed by atoms with Crippen LogP contribution < -0.4 is 5.73 Å². The van der Waals surface area contributed by atoms with E-state index in [1.54, 1.807) is 0 Å². The molecule has 0 aliphatic rings. The number of hydrogen-bond donors (Lipinski definition) is 1. The topological polar surface area (TPSA) is 52.3 Å². The molecule has 0 spiro atoms. The van der Waals surface area contributed by atoms with Crippen molar-refractivity contribution in [2.24, 2.45) is 5.73 Å². The van der Waals surface area contributed by atoms with E-state index in [0.717, 1.165) is 6.42 Å². The van der Waals surface area contributed by atoms with Crippen molar-refractivity contribution >= 4 is 39.3 Å². The molecule has 100 valence electrons. The summed E-state index contributed by atoms with van der Waals surface area (Å²) in [6, 6.07) is 12.6. The number of fused-ring (bicyclic) bond motifs is 1. The molecule has 2 aromatic carbocycles. The molecule has 19 heavy (non-hydrogen) atoms. The Labute approximate surface area is 126 Å². The molecule has 0 atom stereocenters. The first kappa shape index (κ1) is 14.3. The van der Waals surface area contributed by atoms with Gasteiger partial charge in [0.05, 0.1) is 13.2 Å². The molecule has 2 aromatic rings. The van der Waals surface area contributed by atoms with Crippen molar-refractivity contribution in [3.8, 4) is 0 Å². The van der Waals surface area contributed by atoms with Crippen molar-refractivity contribution in [2.45, 2.75) is 12.8 Å². The van der Waals surface area contributed by atoms with Crippen LogP contribution in [0.2, 0.25) is 0 Å². The van der Waals surface area contributed by atoms with Gasteiger partial charge in [-0.1, -0.05) is 30.3 Å². The van der Waals surface area contributed by atoms with Crippen LogP contribution in [0.1, 0.15) is 12.0 Å². The Morgan fingerprint density at radius 1 is 1.16 bits per heavy atom. The third-order valence-corrected chi connectivity index (χ3v) is 3.98. The van der Waals surface area contributed by atoms with E-state index in [9.17, 15) is 4.79 Å². The lowest BCUT2D eigenvalue weighted by atomic mass is 10.0. The van der Waals surface area contributed by atoms with Crippen LogP contribution in [0.3, 0.4) is 0 Å². The van der Waals surface area contributed by atoms with E-state index in [-0.39, 0.29) is 12.3 Å². The summed E-state index contributed by atoms with van der Waals surface area (Å²) < 4.78 is 6.69. The fourth-order valence-corrected chi connectivity index (χ4v) is 2.75. The van der Waals surface area contributed by atoms with E-state index < -0.39 is 0 Å². The number of amides is 1. The average molecular weight is 369 g/mol. The monoisotopic (exact) mass is 369 g/mol. The van der Waals surface area contributed by atoms with E-state index in [1.165, 1.54) is 19.9 Å². The van der Waals surface area contributed by atoms with Gasteiger partial charge in [-0.2, -0.15) is 0 Å². The largest absolute Gasteiger partial charge is 0.381 e. The molecule has 4 heteroatoms. The number of ether oxygens (including phenoxy) is 1. The maximum Gasteiger partial charge on any atom is 0.219 e. The number of nitrogens with two attached hydrogens (primary N) is 1. The van der Waals surface area contributed by atoms with Crippen molar-refractivity contribution in [1.82, 2.24) is 0 Å². The minimum atomic E-state index is -0.320. The van der Waals surface area contributed by atoms with Crippen molar-refractivity contribution in [3.63, 3.8) is 0 Å². The minimum absolute atomic E-state index is 0.284. The molecule has 0 bridgehead atoms. The predicted octanol–water partition coefficient (Wildman–Crippen LogP) is 2.88. The van der Waals surface area contributed by atoms with Crippen LogP contribution in [0, 0.1) is 3.57 Å². The van der Waals surface area contributed by atoms with Crippen LogP contribution in [-0.2, 0) is 16.0 Å². The first-order valence-corrected chi connectivity index (χ1v) is 7.28. The molecule has 2 N–H and O–H groups in total. The first-order valence-electron chi connectivity index (χ1n) is 6.20. The van der Waals surface area contributed by atoms with Gasteiger partial charge in [0.25, 0.3) is 0 Å². The number of benzene rings is 2. The standard InChI is InChI=1S/C15H16INO2/c16-14-6-5-11-3-1-2-4-12(11)13(14)7-9-19-10-8-15(17)18/h1-6H,7-10H2,(H2,17,18). The Balaban J connectivity index is 2.03. The summed E-state index contributed by atoms with van der Waals surface area (Å²) >= 11 is 2.35. The lowest BCUT2D eigenvalue weighted by Gasteiger charge is -2.09. The van der Waals surface area contributed by atoms with Gasteiger partial charge in [0.1, 0.15) is 0 Å². The molecule has 2 rings (SSSR count). The van der Waals surface area contributed by atoms with Gasteiger partial charge in [-0.05, 0) is 51.4 Å². The molecule has 3 nitrogen and oxygen atoms in total. The molecule has 0 aliphatic carbocycles. The smallest absolute Gasteiger partial charge is 0.219 e. The Hall–Kier alpha value is -1.14. The van der Waals surface area contributed by atoms with Gasteiger partial charge in [0.2, 0.25) is 5.91 Å². The van der Waals surface area contributed by atoms with Crippen LogP contribution in [0.5, 0.6) is 0 Å². The summed E-state index contributed by atoms with van der Waals surface area (Å²) in [6.07, 6.45) is 1.13. The van der Waals surface area contributed by atoms with Crippen molar-refractivity contribution in [2.75, 3.05) is 13.2 Å². The SMILES string of the molecule is NC(=O)CCOCCc1c(I)ccc2ccccc12. The highest BCUT2D eigenvalue weighted by Gasteiger charge is 2.05. The molecule has 0 aromatic heterocycles. The van der Waals surface area contributed by atoms with Gasteiger partial charge in [0.15, 0.2) is 0 Å². The fraction of sp³-hybridized carbons (Fsp3) is 0.267. The highest BCUT2D eigenvalue weighted by Crippen LogP contribution is 2.24. The molecule has 0 aliphatic heterocycles. The lowest BCUT2D eigenvalue weighted by Crippen LogP contribution is -2.14. The molecular weight excluding hydrogens is 353 g/mol. The van der Waals surface area contributed by atoms with Gasteiger partial charge >= 0.3 is 0 Å². The van der Waals surface area contributed by atoms with Gasteiger partial charge in [-0.15, -0.1) is 0 Å². The number of carbonyl (C=O) groups excluding carboxylic acids is 1. The molecule has 1 amide bonds. The fourth-order valence-electron chi connectivity index (χ4n) is 2.01. The van der Waals surface area contributed by atoms with Crippen LogP contribution >= 0.6 is 22.6 Å². The normalized spacial score (nSPS) is 10.8. The van der Waals surface area contributed by atoms with E-state index >= 15 is 0 Å². The van der Waals surface area contributed by atoms with Crippen LogP contribution in [0.4, 0.5) is 0 Å². The third kappa shape index (κ3) is 3.91. The highest BCUT2D eigenvalue weighted by molar-refractivity contribution is 14.1. The predicted molar refractivity (Wildman–Crippen MR) is 85.0 cm³/mol. The number of hydrogen-bond acceptors (Lipinski definition) is 2. The molecule has 0 heterocycles. The Bertz CT molecular complexity index is 583. The second-order valence-electron chi connectivity index (χ2n) is 4.33. The molecule has 0 fully saturated rings. The second-order valence-corrected chi connectivity index (χ2v) is 5.49. The van der Waals surface area contributed by atoms with Gasteiger partial charge < -0.3 is 10.5 Å². The maximum absolute atomic E-state index is 10.6. The molecule has 0 saturated heterocycles. The van der Waals surface area contributed by atoms with E-state index in [1.807, 2.05) is 6.07 Å². The summed E-state index contributed by atoms with van der Waals surface area (Å²) in [5, 5.41) is 2.52. The third-order valence-electron chi connectivity index (χ3n) is 2.97. The number of primary amides is 1. The summed E-state index contributed by atoms with van der Waals surface area (Å²) in [5.74, 6) is -0.320. The zero-order valence-corrected chi connectivity index (χ0v) is 12.7. The lowest BCUT2D eigenvalue weighted by molar-refractivity contribution is -0.119. The first-order chi connectivity index (χ1) is 9.18. The van der Waals surface area contributed by atoms with Gasteiger partial charge in [-0.3, -0.25) is 4.79 Å². The maximum atomic E-state index is 10.6. The van der Waals surface area contributed by atoms with Crippen LogP contribution in [0.25, 0.3) is 10.8 Å². The Morgan fingerprint density at radius 2 is 1.95 bits per heavy atom. The summed E-state index contributed by atoms with van der Waals surface area (Å²) in [6.45, 7) is 1.01. The summed E-state index contributed by atoms with van der Waals surface area (Å²) in [4.78, 5) is 10.6. The Morgan fingerprint density at radius 3 is 2.74 bits per heavy atom. The summed E-state index contributed by atoms with van der Waals surface area (Å²) in [7, 11) is 0. The van der Waals surface area contributed by atoms with Crippen molar-refractivity contribution in [3.05, 3.63) is 45.5 Å². The number of carbonyl (C=O) groups is 1. The number of rotatable bonds is 6. The minimum Gasteiger partial charge on any atom is -0.381 e. The molecule has 0 radical (unpaired) electrons. The van der Waals surface area contributed by atoms with Gasteiger partial charge in [-0.25, -0.2) is 0 Å². The van der Waals surface area contributed by atoms with E-state index in [4.69, 9.17) is 10.5 Å².